The van der Waals surface area contributed by atoms with Crippen LogP contribution in [-0.4, -0.2) is 25.0 Å². The van der Waals surface area contributed by atoms with Gasteiger partial charge in [0.25, 0.3) is 0 Å². The maximum absolute atomic E-state index is 12.5. The maximum atomic E-state index is 12.5. The van der Waals surface area contributed by atoms with Gasteiger partial charge in [-0.1, -0.05) is 33.1 Å². The van der Waals surface area contributed by atoms with Crippen molar-refractivity contribution >= 4 is 5.91 Å². The molecule has 1 amide bonds. The van der Waals surface area contributed by atoms with Crippen molar-refractivity contribution in [3.8, 4) is 0 Å². The molecule has 2 fully saturated rings. The van der Waals surface area contributed by atoms with Crippen LogP contribution in [0, 0.1) is 11.3 Å². The molecule has 0 aromatic carbocycles. The Bertz CT molecular complexity index is 297. The molecule has 1 heterocycles. The highest BCUT2D eigenvalue weighted by Crippen LogP contribution is 2.41. The lowest BCUT2D eigenvalue weighted by Gasteiger charge is -2.34. The lowest BCUT2D eigenvalue weighted by molar-refractivity contribution is -0.131. The Morgan fingerprint density at radius 1 is 1.26 bits per heavy atom. The van der Waals surface area contributed by atoms with E-state index in [0.717, 1.165) is 38.3 Å². The highest BCUT2D eigenvalue weighted by atomic mass is 16.2. The van der Waals surface area contributed by atoms with Crippen molar-refractivity contribution in [3.63, 3.8) is 0 Å². The molecule has 2 rings (SSSR count). The molecule has 0 bridgehead atoms. The second-order valence-electron chi connectivity index (χ2n) is 6.42. The number of carbonyl (C=O) groups is 1. The third-order valence-corrected chi connectivity index (χ3v) is 5.45. The van der Waals surface area contributed by atoms with Crippen molar-refractivity contribution < 1.29 is 4.79 Å². The molecule has 0 aromatic rings. The molecule has 2 atom stereocenters. The van der Waals surface area contributed by atoms with E-state index in [1.54, 1.807) is 0 Å². The number of nitrogens with one attached hydrogen (secondary N) is 2. The van der Waals surface area contributed by atoms with E-state index in [1.165, 1.54) is 32.1 Å². The maximum Gasteiger partial charge on any atom is 0.226 e. The Labute approximate surface area is 117 Å². The third-order valence-electron chi connectivity index (χ3n) is 5.45. The first-order chi connectivity index (χ1) is 9.22. The van der Waals surface area contributed by atoms with Gasteiger partial charge in [0, 0.05) is 18.0 Å². The van der Waals surface area contributed by atoms with Crippen LogP contribution in [0.1, 0.15) is 65.2 Å². The molecule has 1 saturated heterocycles. The molecule has 0 aromatic heterocycles. The van der Waals surface area contributed by atoms with Gasteiger partial charge in [0.2, 0.25) is 5.91 Å². The van der Waals surface area contributed by atoms with E-state index in [4.69, 9.17) is 0 Å². The zero-order valence-corrected chi connectivity index (χ0v) is 12.6. The Morgan fingerprint density at radius 3 is 2.63 bits per heavy atom. The first-order valence-corrected chi connectivity index (χ1v) is 8.23. The molecule has 2 unspecified atom stereocenters. The van der Waals surface area contributed by atoms with Gasteiger partial charge in [-0.3, -0.25) is 4.79 Å². The van der Waals surface area contributed by atoms with Gasteiger partial charge in [0.05, 0.1) is 0 Å². The molecule has 3 heteroatoms. The molecule has 0 radical (unpaired) electrons. The summed E-state index contributed by atoms with van der Waals surface area (Å²) in [4.78, 5) is 12.5. The van der Waals surface area contributed by atoms with Crippen LogP contribution in [0.3, 0.4) is 0 Å². The largest absolute Gasteiger partial charge is 0.354 e. The average Bonchev–Trinajstić information content (AvgIpc) is 2.95. The minimum atomic E-state index is -0.0453. The Hall–Kier alpha value is -0.570. The molecular weight excluding hydrogens is 236 g/mol. The van der Waals surface area contributed by atoms with Crippen LogP contribution in [-0.2, 0) is 4.79 Å². The van der Waals surface area contributed by atoms with Crippen LogP contribution in [0.25, 0.3) is 0 Å². The van der Waals surface area contributed by atoms with Crippen LogP contribution in [0.4, 0.5) is 0 Å². The van der Waals surface area contributed by atoms with Crippen LogP contribution in [0.5, 0.6) is 0 Å². The van der Waals surface area contributed by atoms with Gasteiger partial charge in [0.15, 0.2) is 0 Å². The van der Waals surface area contributed by atoms with Gasteiger partial charge in [-0.25, -0.2) is 0 Å². The van der Waals surface area contributed by atoms with E-state index in [9.17, 15) is 4.79 Å². The molecule has 110 valence electrons. The number of rotatable bonds is 5. The van der Waals surface area contributed by atoms with E-state index in [0.29, 0.717) is 11.9 Å². The van der Waals surface area contributed by atoms with Crippen molar-refractivity contribution in [1.29, 1.82) is 0 Å². The van der Waals surface area contributed by atoms with Gasteiger partial charge >= 0.3 is 0 Å². The van der Waals surface area contributed by atoms with Gasteiger partial charge < -0.3 is 10.6 Å². The lowest BCUT2D eigenvalue weighted by atomic mass is 9.82. The van der Waals surface area contributed by atoms with Crippen LogP contribution in [0.15, 0.2) is 0 Å². The minimum absolute atomic E-state index is 0.0453. The first-order valence-electron chi connectivity index (χ1n) is 8.23. The summed E-state index contributed by atoms with van der Waals surface area (Å²) in [5.74, 6) is 1.05. The third kappa shape index (κ3) is 3.31. The molecule has 1 aliphatic heterocycles. The van der Waals surface area contributed by atoms with E-state index < -0.39 is 0 Å². The summed E-state index contributed by atoms with van der Waals surface area (Å²) in [6.07, 6.45) is 9.42. The zero-order chi connectivity index (χ0) is 13.7. The Morgan fingerprint density at radius 2 is 2.00 bits per heavy atom. The lowest BCUT2D eigenvalue weighted by Crippen LogP contribution is -2.50. The molecule has 0 spiro atoms. The fraction of sp³-hybridized carbons (Fsp3) is 0.938. The zero-order valence-electron chi connectivity index (χ0n) is 12.6. The second-order valence-corrected chi connectivity index (χ2v) is 6.42. The summed E-state index contributed by atoms with van der Waals surface area (Å²) >= 11 is 0. The molecule has 1 saturated carbocycles. The van der Waals surface area contributed by atoms with Crippen molar-refractivity contribution in [1.82, 2.24) is 10.6 Å². The summed E-state index contributed by atoms with van der Waals surface area (Å²) in [6.45, 7) is 6.35. The molecular formula is C16H30N2O. The molecule has 1 aliphatic carbocycles. The number of hydrogen-bond acceptors (Lipinski definition) is 2. The van der Waals surface area contributed by atoms with Gasteiger partial charge in [-0.2, -0.15) is 0 Å². The molecule has 19 heavy (non-hydrogen) atoms. The average molecular weight is 266 g/mol. The smallest absolute Gasteiger partial charge is 0.226 e. The normalized spacial score (nSPS) is 30.2. The number of amides is 1. The summed E-state index contributed by atoms with van der Waals surface area (Å²) < 4.78 is 0. The standard InChI is InChI=1S/C16H30N2O/c1-3-13-8-7-11-17-14(13)12-18-15(19)16(4-2)9-5-6-10-16/h13-14,17H,3-12H2,1-2H3,(H,18,19). The number of hydrogen-bond donors (Lipinski definition) is 2. The fourth-order valence-electron chi connectivity index (χ4n) is 3.93. The second kappa shape index (κ2) is 6.74. The predicted molar refractivity (Wildman–Crippen MR) is 79.0 cm³/mol. The first kappa shape index (κ1) is 14.8. The summed E-state index contributed by atoms with van der Waals surface area (Å²) in [7, 11) is 0. The summed E-state index contributed by atoms with van der Waals surface area (Å²) in [5.41, 5.74) is -0.0453. The van der Waals surface area contributed by atoms with E-state index in [2.05, 4.69) is 24.5 Å². The molecule has 3 nitrogen and oxygen atoms in total. The van der Waals surface area contributed by atoms with E-state index >= 15 is 0 Å². The summed E-state index contributed by atoms with van der Waals surface area (Å²) in [6, 6.07) is 0.484. The quantitative estimate of drug-likeness (QED) is 0.803. The van der Waals surface area contributed by atoms with Crippen LogP contribution in [0.2, 0.25) is 0 Å². The fourth-order valence-corrected chi connectivity index (χ4v) is 3.93. The van der Waals surface area contributed by atoms with Gasteiger partial charge in [-0.15, -0.1) is 0 Å². The summed E-state index contributed by atoms with van der Waals surface area (Å²) in [5, 5.41) is 6.83. The monoisotopic (exact) mass is 266 g/mol. The predicted octanol–water partition coefficient (Wildman–Crippen LogP) is 2.85. The van der Waals surface area contributed by atoms with Crippen molar-refractivity contribution in [3.05, 3.63) is 0 Å². The topological polar surface area (TPSA) is 41.1 Å². The Balaban J connectivity index is 1.85. The van der Waals surface area contributed by atoms with E-state index in [-0.39, 0.29) is 5.41 Å². The number of piperidine rings is 1. The van der Waals surface area contributed by atoms with Gasteiger partial charge in [0.1, 0.15) is 0 Å². The van der Waals surface area contributed by atoms with E-state index in [1.807, 2.05) is 0 Å². The molecule has 2 aliphatic rings. The van der Waals surface area contributed by atoms with Crippen LogP contribution < -0.4 is 10.6 Å². The minimum Gasteiger partial charge on any atom is -0.354 e. The SMILES string of the molecule is CCC1CCCNC1CNC(=O)C1(CC)CCCC1. The Kier molecular flexibility index (Phi) is 5.26. The highest BCUT2D eigenvalue weighted by molar-refractivity contribution is 5.82. The van der Waals surface area contributed by atoms with Crippen molar-refractivity contribution in [2.75, 3.05) is 13.1 Å². The molecule has 2 N–H and O–H groups in total. The van der Waals surface area contributed by atoms with Crippen molar-refractivity contribution in [2.45, 2.75) is 71.3 Å². The van der Waals surface area contributed by atoms with Gasteiger partial charge in [-0.05, 0) is 44.6 Å². The highest BCUT2D eigenvalue weighted by Gasteiger charge is 2.39. The number of carbonyl (C=O) groups excluding carboxylic acids is 1. The van der Waals surface area contributed by atoms with Crippen molar-refractivity contribution in [2.24, 2.45) is 11.3 Å². The van der Waals surface area contributed by atoms with Crippen LogP contribution >= 0.6 is 0 Å².